The summed E-state index contributed by atoms with van der Waals surface area (Å²) < 4.78 is 77.8. The molecule has 0 aliphatic carbocycles. The number of benzene rings is 1. The highest BCUT2D eigenvalue weighted by molar-refractivity contribution is 7.89. The van der Waals surface area contributed by atoms with E-state index in [1.54, 1.807) is 0 Å². The van der Waals surface area contributed by atoms with E-state index in [2.05, 4.69) is 0 Å². The van der Waals surface area contributed by atoms with Crippen LogP contribution in [0.25, 0.3) is 0 Å². The van der Waals surface area contributed by atoms with Crippen LogP contribution in [0.3, 0.4) is 0 Å². The minimum absolute atomic E-state index is 0.188. The molecule has 0 fully saturated rings. The van der Waals surface area contributed by atoms with E-state index < -0.39 is 38.7 Å². The molecule has 0 aromatic heterocycles. The molecule has 0 bridgehead atoms. The second kappa shape index (κ2) is 5.80. The van der Waals surface area contributed by atoms with Gasteiger partial charge >= 0.3 is 6.18 Å². The topological polar surface area (TPSA) is 69.4 Å². The summed E-state index contributed by atoms with van der Waals surface area (Å²) in [6, 6.07) is 2.21. The van der Waals surface area contributed by atoms with Crippen LogP contribution in [0.1, 0.15) is 19.4 Å². The van der Waals surface area contributed by atoms with Crippen LogP contribution < -0.4 is 9.88 Å². The number of halogens is 4. The van der Waals surface area contributed by atoms with Crippen molar-refractivity contribution < 1.29 is 30.7 Å². The lowest BCUT2D eigenvalue weighted by atomic mass is 9.98. The predicted molar refractivity (Wildman–Crippen MR) is 68.7 cm³/mol. The Hall–Kier alpha value is -1.35. The van der Waals surface area contributed by atoms with Crippen molar-refractivity contribution in [2.75, 3.05) is 12.4 Å². The van der Waals surface area contributed by atoms with Crippen LogP contribution in [0.15, 0.2) is 18.2 Å². The third-order valence-corrected chi connectivity index (χ3v) is 3.65. The van der Waals surface area contributed by atoms with Gasteiger partial charge in [0.15, 0.2) is 0 Å². The van der Waals surface area contributed by atoms with Crippen LogP contribution >= 0.6 is 0 Å². The summed E-state index contributed by atoms with van der Waals surface area (Å²) in [4.78, 5) is 0. The van der Waals surface area contributed by atoms with Gasteiger partial charge < -0.3 is 4.74 Å². The summed E-state index contributed by atoms with van der Waals surface area (Å²) >= 11 is 0. The van der Waals surface area contributed by atoms with Crippen molar-refractivity contribution in [3.05, 3.63) is 29.6 Å². The Kier molecular flexibility index (Phi) is 4.89. The molecule has 21 heavy (non-hydrogen) atoms. The Balaban J connectivity index is 2.86. The lowest BCUT2D eigenvalue weighted by molar-refractivity contribution is -0.140. The molecular weight excluding hydrogens is 314 g/mol. The summed E-state index contributed by atoms with van der Waals surface area (Å²) in [6.45, 7) is 2.88. The fourth-order valence-corrected chi connectivity index (χ4v) is 2.85. The first-order valence-electron chi connectivity index (χ1n) is 5.80. The molecule has 4 nitrogen and oxygen atoms in total. The molecule has 120 valence electrons. The monoisotopic (exact) mass is 329 g/mol. The van der Waals surface area contributed by atoms with Crippen LogP contribution in [0.4, 0.5) is 17.6 Å². The van der Waals surface area contributed by atoms with E-state index in [4.69, 9.17) is 9.88 Å². The molecule has 0 radical (unpaired) electrons. The molecule has 0 aliphatic rings. The Morgan fingerprint density at radius 1 is 1.24 bits per heavy atom. The molecule has 0 aliphatic heterocycles. The second-order valence-electron chi connectivity index (χ2n) is 5.40. The van der Waals surface area contributed by atoms with Gasteiger partial charge in [-0.2, -0.15) is 13.2 Å². The Morgan fingerprint density at radius 3 is 2.29 bits per heavy atom. The highest BCUT2D eigenvalue weighted by atomic mass is 32.2. The highest BCUT2D eigenvalue weighted by Crippen LogP contribution is 2.34. The number of rotatable bonds is 5. The van der Waals surface area contributed by atoms with E-state index in [0.717, 1.165) is 6.07 Å². The SMILES string of the molecule is CC(C)(COc1ccc(F)c(C(F)(F)F)c1)CS(N)(=O)=O. The van der Waals surface area contributed by atoms with Crippen molar-refractivity contribution in [1.29, 1.82) is 0 Å². The zero-order valence-corrected chi connectivity index (χ0v) is 12.2. The Morgan fingerprint density at radius 2 is 1.81 bits per heavy atom. The molecule has 0 saturated heterocycles. The van der Waals surface area contributed by atoms with Crippen LogP contribution in [0, 0.1) is 11.2 Å². The summed E-state index contributed by atoms with van der Waals surface area (Å²) in [7, 11) is -3.74. The Bertz CT molecular complexity index is 611. The van der Waals surface area contributed by atoms with Crippen molar-refractivity contribution in [3.63, 3.8) is 0 Å². The molecule has 2 N–H and O–H groups in total. The average molecular weight is 329 g/mol. The van der Waals surface area contributed by atoms with E-state index in [-0.39, 0.29) is 12.4 Å². The summed E-state index contributed by atoms with van der Waals surface area (Å²) in [5.41, 5.74) is -2.34. The van der Waals surface area contributed by atoms with Crippen molar-refractivity contribution in [2.24, 2.45) is 10.6 Å². The molecule has 0 heterocycles. The van der Waals surface area contributed by atoms with Gasteiger partial charge in [-0.1, -0.05) is 13.8 Å². The maximum Gasteiger partial charge on any atom is 0.419 e. The van der Waals surface area contributed by atoms with Gasteiger partial charge in [-0.25, -0.2) is 17.9 Å². The molecule has 0 amide bonds. The number of hydrogen-bond acceptors (Lipinski definition) is 3. The molecule has 0 unspecified atom stereocenters. The third kappa shape index (κ3) is 5.88. The number of ether oxygens (including phenoxy) is 1. The maximum atomic E-state index is 13.1. The fourth-order valence-electron chi connectivity index (χ4n) is 1.68. The molecule has 0 atom stereocenters. The van der Waals surface area contributed by atoms with Gasteiger partial charge in [-0.05, 0) is 18.2 Å². The van der Waals surface area contributed by atoms with Gasteiger partial charge in [0.2, 0.25) is 10.0 Å². The van der Waals surface area contributed by atoms with Gasteiger partial charge in [0.1, 0.15) is 11.6 Å². The van der Waals surface area contributed by atoms with Gasteiger partial charge in [-0.15, -0.1) is 0 Å². The molecule has 9 heteroatoms. The number of alkyl halides is 3. The van der Waals surface area contributed by atoms with Crippen LogP contribution in [0.2, 0.25) is 0 Å². The van der Waals surface area contributed by atoms with Crippen LogP contribution in [0.5, 0.6) is 5.75 Å². The quantitative estimate of drug-likeness (QED) is 0.844. The molecule has 0 spiro atoms. The summed E-state index contributed by atoms with van der Waals surface area (Å²) in [6.07, 6.45) is -4.83. The predicted octanol–water partition coefficient (Wildman–Crippen LogP) is 2.54. The first kappa shape index (κ1) is 17.7. The standard InChI is InChI=1S/C12H15F4NO3S/c1-11(2,7-21(17,18)19)6-20-8-3-4-10(13)9(5-8)12(14,15)16/h3-5H,6-7H2,1-2H3,(H2,17,18,19). The van der Waals surface area contributed by atoms with E-state index in [1.807, 2.05) is 0 Å². The zero-order valence-electron chi connectivity index (χ0n) is 11.4. The lowest BCUT2D eigenvalue weighted by Gasteiger charge is -2.23. The number of hydrogen-bond donors (Lipinski definition) is 1. The lowest BCUT2D eigenvalue weighted by Crippen LogP contribution is -2.33. The number of sulfonamides is 1. The fraction of sp³-hybridized carbons (Fsp3) is 0.500. The van der Waals surface area contributed by atoms with Gasteiger partial charge in [-0.3, -0.25) is 0 Å². The van der Waals surface area contributed by atoms with Crippen LogP contribution in [-0.2, 0) is 16.2 Å². The molecule has 1 rings (SSSR count). The first-order valence-corrected chi connectivity index (χ1v) is 7.52. The van der Waals surface area contributed by atoms with E-state index in [1.165, 1.54) is 13.8 Å². The minimum atomic E-state index is -4.83. The molecule has 1 aromatic carbocycles. The van der Waals surface area contributed by atoms with Crippen LogP contribution in [-0.4, -0.2) is 20.8 Å². The van der Waals surface area contributed by atoms with Crippen molar-refractivity contribution >= 4 is 10.0 Å². The minimum Gasteiger partial charge on any atom is -0.493 e. The largest absolute Gasteiger partial charge is 0.493 e. The highest BCUT2D eigenvalue weighted by Gasteiger charge is 2.34. The van der Waals surface area contributed by atoms with E-state index >= 15 is 0 Å². The van der Waals surface area contributed by atoms with Gasteiger partial charge in [0.25, 0.3) is 0 Å². The molecular formula is C12H15F4NO3S. The average Bonchev–Trinajstić information content (AvgIpc) is 2.23. The smallest absolute Gasteiger partial charge is 0.419 e. The van der Waals surface area contributed by atoms with Gasteiger partial charge in [0, 0.05) is 5.41 Å². The van der Waals surface area contributed by atoms with Crippen molar-refractivity contribution in [3.8, 4) is 5.75 Å². The maximum absolute atomic E-state index is 13.1. The zero-order chi connectivity index (χ0) is 16.5. The van der Waals surface area contributed by atoms with E-state index in [0.29, 0.717) is 12.1 Å². The summed E-state index contributed by atoms with van der Waals surface area (Å²) in [5, 5.41) is 4.91. The first-order chi connectivity index (χ1) is 9.30. The summed E-state index contributed by atoms with van der Waals surface area (Å²) in [5.74, 6) is -2.00. The van der Waals surface area contributed by atoms with Crippen molar-refractivity contribution in [1.82, 2.24) is 0 Å². The number of primary sulfonamides is 1. The van der Waals surface area contributed by atoms with Gasteiger partial charge in [0.05, 0.1) is 17.9 Å². The molecule has 1 aromatic rings. The van der Waals surface area contributed by atoms with E-state index in [9.17, 15) is 26.0 Å². The second-order valence-corrected chi connectivity index (χ2v) is 7.01. The third-order valence-electron chi connectivity index (χ3n) is 2.46. The normalized spacial score (nSPS) is 13.3. The number of nitrogens with two attached hydrogens (primary N) is 1. The molecule has 0 saturated carbocycles. The van der Waals surface area contributed by atoms with Crippen molar-refractivity contribution in [2.45, 2.75) is 20.0 Å². The Labute approximate surface area is 119 Å².